The minimum atomic E-state index is -0.364. The molecular weight excluding hydrogens is 220 g/mol. The molecule has 0 saturated carbocycles. The summed E-state index contributed by atoms with van der Waals surface area (Å²) in [6.45, 7) is 9.27. The largest absolute Gasteiger partial charge is 0.460 e. The van der Waals surface area contributed by atoms with E-state index in [1.165, 1.54) is 0 Å². The molecule has 0 radical (unpaired) electrons. The molecule has 0 aliphatic heterocycles. The van der Waals surface area contributed by atoms with E-state index >= 15 is 0 Å². The summed E-state index contributed by atoms with van der Waals surface area (Å²) in [6, 6.07) is 0. The number of carbonyl (C=O) groups excluding carboxylic acids is 1. The fourth-order valence-corrected chi connectivity index (χ4v) is 0.718. The van der Waals surface area contributed by atoms with Crippen molar-refractivity contribution in [1.29, 1.82) is 0 Å². The van der Waals surface area contributed by atoms with Gasteiger partial charge in [-0.15, -0.1) is 0 Å². The number of hydrogen-bond acceptors (Lipinski definition) is 4. The van der Waals surface area contributed by atoms with Gasteiger partial charge in [-0.2, -0.15) is 0 Å². The summed E-state index contributed by atoms with van der Waals surface area (Å²) in [5.74, 6) is -0.364. The Morgan fingerprint density at radius 2 is 2.24 bits per heavy atom. The highest BCUT2D eigenvalue weighted by molar-refractivity contribution is 5.86. The Labute approximate surface area is 101 Å². The summed E-state index contributed by atoms with van der Waals surface area (Å²) >= 11 is 0. The van der Waals surface area contributed by atoms with Crippen LogP contribution in [0.15, 0.2) is 37.5 Å². The van der Waals surface area contributed by atoms with Crippen LogP contribution in [-0.2, 0) is 14.3 Å². The standard InChI is InChI=1S/C7H12O3.C5H6N2/c1-6(2)7(8)10-5-4-9-3;1-2-7-4-3-6-5-7/h1,4-5H2,2-3H3;2-5H,1H2. The summed E-state index contributed by atoms with van der Waals surface area (Å²) < 4.78 is 11.1. The second-order valence-corrected chi connectivity index (χ2v) is 3.10. The van der Waals surface area contributed by atoms with E-state index in [2.05, 4.69) is 27.6 Å². The van der Waals surface area contributed by atoms with Crippen LogP contribution < -0.4 is 0 Å². The van der Waals surface area contributed by atoms with Crippen molar-refractivity contribution in [1.82, 2.24) is 9.55 Å². The van der Waals surface area contributed by atoms with E-state index in [0.717, 1.165) is 0 Å². The van der Waals surface area contributed by atoms with Gasteiger partial charge in [-0.25, -0.2) is 9.78 Å². The number of esters is 1. The Bertz CT molecular complexity index is 345. The van der Waals surface area contributed by atoms with Crippen LogP contribution in [-0.4, -0.2) is 35.8 Å². The van der Waals surface area contributed by atoms with Gasteiger partial charge in [0.25, 0.3) is 0 Å². The van der Waals surface area contributed by atoms with E-state index in [1.807, 2.05) is 6.20 Å². The average Bonchev–Trinajstić information content (AvgIpc) is 2.82. The molecule has 0 saturated heterocycles. The van der Waals surface area contributed by atoms with Gasteiger partial charge in [0.1, 0.15) is 6.61 Å². The van der Waals surface area contributed by atoms with E-state index in [9.17, 15) is 4.79 Å². The number of carbonyl (C=O) groups is 1. The second-order valence-electron chi connectivity index (χ2n) is 3.10. The van der Waals surface area contributed by atoms with E-state index in [1.54, 1.807) is 37.3 Å². The third-order valence-corrected chi connectivity index (χ3v) is 1.60. The molecule has 1 heterocycles. The van der Waals surface area contributed by atoms with Gasteiger partial charge in [0.15, 0.2) is 0 Å². The molecule has 0 amide bonds. The van der Waals surface area contributed by atoms with Crippen molar-refractivity contribution in [3.05, 3.63) is 37.5 Å². The van der Waals surface area contributed by atoms with Crippen molar-refractivity contribution in [3.8, 4) is 0 Å². The lowest BCUT2D eigenvalue weighted by Gasteiger charge is -2.01. The molecule has 1 aromatic heterocycles. The molecule has 5 nitrogen and oxygen atoms in total. The van der Waals surface area contributed by atoms with E-state index in [-0.39, 0.29) is 5.97 Å². The van der Waals surface area contributed by atoms with Crippen molar-refractivity contribution >= 4 is 12.2 Å². The van der Waals surface area contributed by atoms with Crippen LogP contribution in [0.25, 0.3) is 6.20 Å². The second kappa shape index (κ2) is 9.35. The molecule has 0 unspecified atom stereocenters. The highest BCUT2D eigenvalue weighted by Gasteiger charge is 2.00. The van der Waals surface area contributed by atoms with Crippen LogP contribution in [0.5, 0.6) is 0 Å². The summed E-state index contributed by atoms with van der Waals surface area (Å²) in [5.41, 5.74) is 0.413. The van der Waals surface area contributed by atoms with Gasteiger partial charge in [-0.05, 0) is 6.92 Å². The summed E-state index contributed by atoms with van der Waals surface area (Å²) in [7, 11) is 1.55. The molecule has 0 N–H and O–H groups in total. The number of methoxy groups -OCH3 is 1. The molecule has 0 aromatic carbocycles. The third-order valence-electron chi connectivity index (χ3n) is 1.60. The van der Waals surface area contributed by atoms with Crippen LogP contribution in [0, 0.1) is 0 Å². The Morgan fingerprint density at radius 1 is 1.53 bits per heavy atom. The molecule has 0 aliphatic carbocycles. The normalized spacial score (nSPS) is 8.82. The summed E-state index contributed by atoms with van der Waals surface area (Å²) in [4.78, 5) is 14.4. The molecule has 0 fully saturated rings. The van der Waals surface area contributed by atoms with E-state index in [0.29, 0.717) is 18.8 Å². The van der Waals surface area contributed by atoms with Gasteiger partial charge < -0.3 is 14.0 Å². The first-order valence-corrected chi connectivity index (χ1v) is 5.03. The van der Waals surface area contributed by atoms with Crippen LogP contribution in [0.3, 0.4) is 0 Å². The van der Waals surface area contributed by atoms with Crippen LogP contribution in [0.2, 0.25) is 0 Å². The number of hydrogen-bond donors (Lipinski definition) is 0. The minimum Gasteiger partial charge on any atom is -0.460 e. The van der Waals surface area contributed by atoms with Crippen LogP contribution in [0.1, 0.15) is 6.92 Å². The molecule has 0 atom stereocenters. The van der Waals surface area contributed by atoms with Crippen molar-refractivity contribution < 1.29 is 14.3 Å². The maximum atomic E-state index is 10.6. The lowest BCUT2D eigenvalue weighted by Crippen LogP contribution is -2.09. The molecule has 17 heavy (non-hydrogen) atoms. The van der Waals surface area contributed by atoms with Crippen LogP contribution in [0.4, 0.5) is 0 Å². The highest BCUT2D eigenvalue weighted by atomic mass is 16.6. The van der Waals surface area contributed by atoms with Gasteiger partial charge in [0, 0.05) is 31.3 Å². The Hall–Kier alpha value is -1.88. The highest BCUT2D eigenvalue weighted by Crippen LogP contribution is 1.90. The van der Waals surface area contributed by atoms with Gasteiger partial charge >= 0.3 is 5.97 Å². The maximum Gasteiger partial charge on any atom is 0.333 e. The van der Waals surface area contributed by atoms with Crippen molar-refractivity contribution in [3.63, 3.8) is 0 Å². The smallest absolute Gasteiger partial charge is 0.333 e. The zero-order valence-corrected chi connectivity index (χ0v) is 10.3. The monoisotopic (exact) mass is 238 g/mol. The fraction of sp³-hybridized carbons (Fsp3) is 0.333. The van der Waals surface area contributed by atoms with Gasteiger partial charge in [0.2, 0.25) is 0 Å². The van der Waals surface area contributed by atoms with Gasteiger partial charge in [-0.3, -0.25) is 0 Å². The van der Waals surface area contributed by atoms with Crippen molar-refractivity contribution in [2.24, 2.45) is 0 Å². The van der Waals surface area contributed by atoms with Gasteiger partial charge in [0.05, 0.1) is 12.9 Å². The average molecular weight is 238 g/mol. The number of imidazole rings is 1. The Balaban J connectivity index is 0.000000318. The lowest BCUT2D eigenvalue weighted by molar-refractivity contribution is -0.140. The third kappa shape index (κ3) is 7.98. The minimum absolute atomic E-state index is 0.294. The molecule has 0 aliphatic rings. The molecular formula is C12H18N2O3. The molecule has 0 spiro atoms. The Morgan fingerprint density at radius 3 is 2.59 bits per heavy atom. The maximum absolute atomic E-state index is 10.6. The molecule has 0 bridgehead atoms. The summed E-state index contributed by atoms with van der Waals surface area (Å²) in [5, 5.41) is 0. The predicted molar refractivity (Wildman–Crippen MR) is 66.3 cm³/mol. The zero-order chi connectivity index (χ0) is 13.1. The first-order chi connectivity index (χ1) is 8.11. The van der Waals surface area contributed by atoms with Gasteiger partial charge in [-0.1, -0.05) is 13.2 Å². The van der Waals surface area contributed by atoms with Crippen molar-refractivity contribution in [2.75, 3.05) is 20.3 Å². The first kappa shape index (κ1) is 15.1. The van der Waals surface area contributed by atoms with Crippen LogP contribution >= 0.6 is 0 Å². The lowest BCUT2D eigenvalue weighted by atomic mass is 10.4. The zero-order valence-electron chi connectivity index (χ0n) is 10.3. The summed E-state index contributed by atoms with van der Waals surface area (Å²) in [6.07, 6.45) is 6.91. The SMILES string of the molecule is C=C(C)C(=O)OCCOC.C=Cn1ccnc1. The van der Waals surface area contributed by atoms with E-state index in [4.69, 9.17) is 0 Å². The van der Waals surface area contributed by atoms with E-state index < -0.39 is 0 Å². The number of nitrogens with zero attached hydrogens (tertiary/aromatic N) is 2. The number of rotatable bonds is 5. The molecule has 1 rings (SSSR count). The predicted octanol–water partition coefficient (Wildman–Crippen LogP) is 1.74. The molecule has 5 heteroatoms. The first-order valence-electron chi connectivity index (χ1n) is 5.03. The molecule has 1 aromatic rings. The van der Waals surface area contributed by atoms with Crippen molar-refractivity contribution in [2.45, 2.75) is 6.92 Å². The number of aromatic nitrogens is 2. The molecule has 94 valence electrons. The Kier molecular flexibility index (Phi) is 8.32. The fourth-order valence-electron chi connectivity index (χ4n) is 0.718. The topological polar surface area (TPSA) is 53.4 Å². The quantitative estimate of drug-likeness (QED) is 0.445. The number of ether oxygens (including phenoxy) is 2.